The number of aliphatic imine (C=N–C) groups is 1. The van der Waals surface area contributed by atoms with Crippen LogP contribution in [0.1, 0.15) is 6.42 Å². The Kier molecular flexibility index (Phi) is 3.76. The van der Waals surface area contributed by atoms with Crippen molar-refractivity contribution in [3.63, 3.8) is 0 Å². The molecule has 1 rings (SSSR count). The van der Waals surface area contributed by atoms with Crippen LogP contribution in [-0.2, 0) is 20.3 Å². The van der Waals surface area contributed by atoms with Gasteiger partial charge >= 0.3 is 0 Å². The highest BCUT2D eigenvalue weighted by molar-refractivity contribution is 8.03. The Bertz CT molecular complexity index is 311. The Hall–Kier alpha value is -0.530. The van der Waals surface area contributed by atoms with Crippen LogP contribution in [0.2, 0.25) is 0 Å². The third-order valence-corrected chi connectivity index (χ3v) is 2.94. The zero-order valence-electron chi connectivity index (χ0n) is 6.98. The quantitative estimate of drug-likeness (QED) is 0.538. The fourth-order valence-corrected chi connectivity index (χ4v) is 2.21. The van der Waals surface area contributed by atoms with Gasteiger partial charge in [0.2, 0.25) is 0 Å². The van der Waals surface area contributed by atoms with Crippen LogP contribution in [0.15, 0.2) is 9.52 Å². The molecule has 1 atom stereocenters. The topological polar surface area (TPSA) is 74.9 Å². The highest BCUT2D eigenvalue weighted by Gasteiger charge is 2.19. The number of thiol groups is 1. The van der Waals surface area contributed by atoms with Gasteiger partial charge in [0.15, 0.2) is 10.3 Å². The summed E-state index contributed by atoms with van der Waals surface area (Å²) in [4.78, 5) is 19.1. The average Bonchev–Trinajstić information content (AvgIpc) is 2.31. The third kappa shape index (κ3) is 3.02. The molecule has 7 heteroatoms. The van der Waals surface area contributed by atoms with Crippen LogP contribution in [0.5, 0.6) is 0 Å². The van der Waals surface area contributed by atoms with Gasteiger partial charge in [-0.15, -0.1) is 17.2 Å². The van der Waals surface area contributed by atoms with Crippen molar-refractivity contribution >= 4 is 39.3 Å². The van der Waals surface area contributed by atoms with Gasteiger partial charge < -0.3 is 0 Å². The van der Waals surface area contributed by atoms with E-state index in [0.29, 0.717) is 11.5 Å². The summed E-state index contributed by atoms with van der Waals surface area (Å²) in [5, 5.41) is 7.33. The fraction of sp³-hybridized carbons (Fsp3) is 0.500. The van der Waals surface area contributed by atoms with Crippen LogP contribution in [0.25, 0.3) is 0 Å². The average molecular weight is 219 g/mol. The van der Waals surface area contributed by atoms with Gasteiger partial charge in [-0.3, -0.25) is 10.2 Å². The number of carbonyl (C=O) groups excluding carboxylic acids is 1. The van der Waals surface area contributed by atoms with E-state index in [9.17, 15) is 4.79 Å². The van der Waals surface area contributed by atoms with Crippen molar-refractivity contribution in [1.29, 1.82) is 5.41 Å². The van der Waals surface area contributed by atoms with Crippen molar-refractivity contribution in [2.45, 2.75) is 6.42 Å². The van der Waals surface area contributed by atoms with E-state index in [2.05, 4.69) is 27.0 Å². The first-order valence-corrected chi connectivity index (χ1v) is 5.25. The number of hydrogen-bond donors (Lipinski definition) is 2. The molecule has 1 aliphatic rings. The van der Waals surface area contributed by atoms with Crippen molar-refractivity contribution in [2.75, 3.05) is 12.9 Å². The van der Waals surface area contributed by atoms with E-state index in [1.54, 1.807) is 0 Å². The lowest BCUT2D eigenvalue weighted by atomic mass is 10.3. The fourth-order valence-electron chi connectivity index (χ4n) is 0.871. The molecule has 0 aliphatic carbocycles. The number of amidine groups is 1. The summed E-state index contributed by atoms with van der Waals surface area (Å²) in [6, 6.07) is 0. The van der Waals surface area contributed by atoms with Gasteiger partial charge in [0.25, 0.3) is 0 Å². The molecular formula is C6H9N3O2S2. The van der Waals surface area contributed by atoms with Crippen molar-refractivity contribution in [3.05, 3.63) is 0 Å². The number of hydrogen-bond acceptors (Lipinski definition) is 4. The summed E-state index contributed by atoms with van der Waals surface area (Å²) in [5.74, 6) is 0.513. The minimum absolute atomic E-state index is 0.173. The molecule has 1 aliphatic heterocycles. The Balaban J connectivity index is 2.65. The molecule has 0 bridgehead atoms. The number of nitrogens with zero attached hydrogens (tertiary/aromatic N) is 2. The second kappa shape index (κ2) is 4.64. The smallest absolute Gasteiger partial charge is 0.193 e. The molecule has 0 amide bonds. The minimum atomic E-state index is -0.622. The van der Waals surface area contributed by atoms with E-state index in [1.807, 2.05) is 0 Å². The van der Waals surface area contributed by atoms with E-state index >= 15 is 0 Å². The summed E-state index contributed by atoms with van der Waals surface area (Å²) in [6.07, 6.45) is 0.189. The Morgan fingerprint density at radius 1 is 1.92 bits per heavy atom. The molecule has 1 unspecified atom stereocenters. The molecule has 1 heterocycles. The van der Waals surface area contributed by atoms with Gasteiger partial charge in [-0.25, -0.2) is 9.83 Å². The van der Waals surface area contributed by atoms with E-state index in [-0.39, 0.29) is 16.7 Å². The van der Waals surface area contributed by atoms with E-state index < -0.39 is 10.7 Å². The van der Waals surface area contributed by atoms with Crippen LogP contribution in [0.4, 0.5) is 0 Å². The molecule has 0 fully saturated rings. The molecule has 13 heavy (non-hydrogen) atoms. The van der Waals surface area contributed by atoms with Crippen LogP contribution in [0, 0.1) is 5.41 Å². The summed E-state index contributed by atoms with van der Waals surface area (Å²) in [5.41, 5.74) is 0.661. The van der Waals surface area contributed by atoms with Crippen LogP contribution in [-0.4, -0.2) is 28.9 Å². The standard InChI is InChI=1S/C6H9N3O2S2/c1-11-9-13-3-4(2-5(10)12)8-6(13)7/h7H,2-3H2,1H3,(H,10,12). The Morgan fingerprint density at radius 2 is 2.62 bits per heavy atom. The van der Waals surface area contributed by atoms with Crippen molar-refractivity contribution < 1.29 is 9.63 Å². The van der Waals surface area contributed by atoms with E-state index in [1.165, 1.54) is 7.11 Å². The summed E-state index contributed by atoms with van der Waals surface area (Å²) in [7, 11) is 0.810. The lowest BCUT2D eigenvalue weighted by Gasteiger charge is -1.94. The number of carbonyl (C=O) groups is 1. The summed E-state index contributed by atoms with van der Waals surface area (Å²) in [6.45, 7) is 0. The first kappa shape index (κ1) is 10.6. The zero-order chi connectivity index (χ0) is 9.84. The van der Waals surface area contributed by atoms with Gasteiger partial charge in [0, 0.05) is 16.4 Å². The van der Waals surface area contributed by atoms with E-state index in [4.69, 9.17) is 5.41 Å². The summed E-state index contributed by atoms with van der Waals surface area (Å²) >= 11 is 3.64. The first-order valence-electron chi connectivity index (χ1n) is 3.45. The predicted octanol–water partition coefficient (Wildman–Crippen LogP) is 0.586. The number of nitrogens with one attached hydrogen (secondary N) is 1. The summed E-state index contributed by atoms with van der Waals surface area (Å²) < 4.78 is 3.71. The largest absolute Gasteiger partial charge is 0.287 e. The zero-order valence-corrected chi connectivity index (χ0v) is 8.69. The maximum atomic E-state index is 10.6. The second-order valence-electron chi connectivity index (χ2n) is 2.32. The third-order valence-electron chi connectivity index (χ3n) is 1.31. The van der Waals surface area contributed by atoms with Gasteiger partial charge in [-0.1, -0.05) is 0 Å². The maximum Gasteiger partial charge on any atom is 0.193 e. The Morgan fingerprint density at radius 3 is 3.15 bits per heavy atom. The lowest BCUT2D eigenvalue weighted by molar-refractivity contribution is -0.109. The number of rotatable bonds is 3. The monoisotopic (exact) mass is 219 g/mol. The van der Waals surface area contributed by atoms with Gasteiger partial charge in [-0.05, 0) is 0 Å². The van der Waals surface area contributed by atoms with Gasteiger partial charge in [0.1, 0.15) is 0 Å². The van der Waals surface area contributed by atoms with Gasteiger partial charge in [-0.2, -0.15) is 0 Å². The molecular weight excluding hydrogens is 210 g/mol. The van der Waals surface area contributed by atoms with Crippen molar-refractivity contribution in [3.8, 4) is 0 Å². The molecule has 0 saturated carbocycles. The van der Waals surface area contributed by atoms with E-state index in [0.717, 1.165) is 0 Å². The molecule has 1 N–H and O–H groups in total. The first-order chi connectivity index (χ1) is 6.13. The minimum Gasteiger partial charge on any atom is -0.287 e. The molecule has 0 aromatic carbocycles. The highest BCUT2D eigenvalue weighted by Crippen LogP contribution is 2.08. The predicted molar refractivity (Wildman–Crippen MR) is 55.4 cm³/mol. The molecule has 5 nitrogen and oxygen atoms in total. The molecule has 72 valence electrons. The highest BCUT2D eigenvalue weighted by atomic mass is 32.2. The molecule has 0 aromatic heterocycles. The molecule has 0 saturated heterocycles. The molecule has 0 aromatic rings. The van der Waals surface area contributed by atoms with Crippen LogP contribution >= 0.6 is 12.6 Å². The van der Waals surface area contributed by atoms with Crippen molar-refractivity contribution in [2.24, 2.45) is 9.52 Å². The molecule has 0 radical (unpaired) electrons. The van der Waals surface area contributed by atoms with Crippen molar-refractivity contribution in [1.82, 2.24) is 0 Å². The van der Waals surface area contributed by atoms with Gasteiger partial charge in [0.05, 0.1) is 19.3 Å². The maximum absolute atomic E-state index is 10.6. The molecule has 0 spiro atoms. The second-order valence-corrected chi connectivity index (χ2v) is 4.37. The Labute approximate surface area is 83.6 Å². The SMILES string of the molecule is CON=S1CC(CC(=O)S)=NC1=N. The normalized spacial score (nSPS) is 22.2. The lowest BCUT2D eigenvalue weighted by Crippen LogP contribution is -2.07. The van der Waals surface area contributed by atoms with Crippen LogP contribution < -0.4 is 0 Å². The van der Waals surface area contributed by atoms with Crippen LogP contribution in [0.3, 0.4) is 0 Å².